The third-order valence-corrected chi connectivity index (χ3v) is 7.88. The summed E-state index contributed by atoms with van der Waals surface area (Å²) in [5.41, 5.74) is 5.51. The Kier molecular flexibility index (Phi) is 7.38. The highest BCUT2D eigenvalue weighted by molar-refractivity contribution is 5.97. The summed E-state index contributed by atoms with van der Waals surface area (Å²) in [6.07, 6.45) is 11.9. The number of H-pyrrole nitrogens is 1. The minimum Gasteiger partial charge on any atom is -0.383 e. The minimum absolute atomic E-state index is 0.0322. The molecule has 3 N–H and O–H groups in total. The molecule has 1 aliphatic heterocycles. The molecule has 0 aromatic carbocycles. The summed E-state index contributed by atoms with van der Waals surface area (Å²) in [6.45, 7) is 4.70. The van der Waals surface area contributed by atoms with Gasteiger partial charge in [-0.1, -0.05) is 45.4 Å². The number of anilines is 2. The molecular formula is C24H39N5O3. The van der Waals surface area contributed by atoms with Crippen molar-refractivity contribution >= 4 is 17.4 Å². The molecule has 0 bridgehead atoms. The zero-order valence-electron chi connectivity index (χ0n) is 19.5. The lowest BCUT2D eigenvalue weighted by molar-refractivity contribution is -0.121. The van der Waals surface area contributed by atoms with E-state index in [4.69, 9.17) is 5.73 Å². The maximum Gasteiger partial charge on any atom is 0.330 e. The number of hydrogen-bond donors (Lipinski definition) is 2. The fourth-order valence-corrected chi connectivity index (χ4v) is 6.11. The highest BCUT2D eigenvalue weighted by Crippen LogP contribution is 2.36. The van der Waals surface area contributed by atoms with Gasteiger partial charge in [0.25, 0.3) is 5.56 Å². The Hall–Kier alpha value is -2.09. The Morgan fingerprint density at radius 1 is 1.06 bits per heavy atom. The molecule has 1 amide bonds. The molecule has 1 aromatic rings. The number of fused-ring (bicyclic) bond motifs is 1. The van der Waals surface area contributed by atoms with Crippen molar-refractivity contribution in [3.63, 3.8) is 0 Å². The van der Waals surface area contributed by atoms with Crippen LogP contribution in [0, 0.1) is 11.8 Å². The van der Waals surface area contributed by atoms with Gasteiger partial charge in [-0.25, -0.2) is 4.79 Å². The number of nitrogens with zero attached hydrogens (tertiary/aromatic N) is 3. The Bertz CT molecular complexity index is 917. The van der Waals surface area contributed by atoms with Gasteiger partial charge in [-0.05, 0) is 50.5 Å². The van der Waals surface area contributed by atoms with Crippen LogP contribution < -0.4 is 21.9 Å². The number of aromatic nitrogens is 2. The third kappa shape index (κ3) is 4.80. The van der Waals surface area contributed by atoms with E-state index in [0.717, 1.165) is 64.0 Å². The van der Waals surface area contributed by atoms with Gasteiger partial charge < -0.3 is 10.6 Å². The van der Waals surface area contributed by atoms with E-state index >= 15 is 0 Å². The molecule has 1 saturated heterocycles. The number of carbonyl (C=O) groups excluding carboxylic acids is 1. The van der Waals surface area contributed by atoms with Crippen molar-refractivity contribution in [2.75, 3.05) is 30.3 Å². The topological polar surface area (TPSA) is 104 Å². The van der Waals surface area contributed by atoms with Crippen LogP contribution in [-0.4, -0.2) is 46.0 Å². The van der Waals surface area contributed by atoms with Gasteiger partial charge in [0.1, 0.15) is 5.82 Å². The summed E-state index contributed by atoms with van der Waals surface area (Å²) in [4.78, 5) is 45.3. The standard InChI is InChI=1S/C24H39N5O3/c1-2-3-13-28-22(25)21(23(31)26-24(28)32)29(19-10-6-7-11-19)20(30)16-27-14-12-17-8-4-5-9-18(17)15-27/h17-19H,2-16,25H2,1H3,(H,26,31,32)/t17-,18+/m0/s1. The fraction of sp³-hybridized carbons (Fsp3) is 0.792. The smallest absolute Gasteiger partial charge is 0.330 e. The molecule has 2 saturated carbocycles. The van der Waals surface area contributed by atoms with E-state index in [9.17, 15) is 14.4 Å². The van der Waals surface area contributed by atoms with Crippen LogP contribution in [0.4, 0.5) is 11.5 Å². The number of nitrogen functional groups attached to an aromatic ring is 1. The first-order valence-electron chi connectivity index (χ1n) is 12.7. The molecule has 4 rings (SSSR count). The fourth-order valence-electron chi connectivity index (χ4n) is 6.11. The lowest BCUT2D eigenvalue weighted by atomic mass is 9.75. The van der Waals surface area contributed by atoms with Crippen LogP contribution in [0.25, 0.3) is 0 Å². The van der Waals surface area contributed by atoms with E-state index in [1.165, 1.54) is 30.3 Å². The lowest BCUT2D eigenvalue weighted by Crippen LogP contribution is -2.51. The second-order valence-corrected chi connectivity index (χ2v) is 10.0. The maximum atomic E-state index is 13.7. The first-order chi connectivity index (χ1) is 15.5. The van der Waals surface area contributed by atoms with Crippen molar-refractivity contribution in [3.05, 3.63) is 20.8 Å². The van der Waals surface area contributed by atoms with Gasteiger partial charge in [0, 0.05) is 19.1 Å². The molecular weight excluding hydrogens is 406 g/mol. The Morgan fingerprint density at radius 3 is 2.47 bits per heavy atom. The van der Waals surface area contributed by atoms with E-state index in [-0.39, 0.29) is 23.5 Å². The zero-order chi connectivity index (χ0) is 22.7. The van der Waals surface area contributed by atoms with Gasteiger partial charge in [0.2, 0.25) is 5.91 Å². The average Bonchev–Trinajstić information content (AvgIpc) is 3.30. The van der Waals surface area contributed by atoms with Gasteiger partial charge in [-0.3, -0.25) is 24.0 Å². The van der Waals surface area contributed by atoms with Crippen LogP contribution in [0.15, 0.2) is 9.59 Å². The number of hydrogen-bond acceptors (Lipinski definition) is 5. The quantitative estimate of drug-likeness (QED) is 0.671. The van der Waals surface area contributed by atoms with E-state index in [1.54, 1.807) is 4.90 Å². The molecule has 1 aromatic heterocycles. The summed E-state index contributed by atoms with van der Waals surface area (Å²) >= 11 is 0. The summed E-state index contributed by atoms with van der Waals surface area (Å²) in [6, 6.07) is -0.0322. The van der Waals surface area contributed by atoms with Crippen LogP contribution in [0.1, 0.15) is 77.6 Å². The van der Waals surface area contributed by atoms with Gasteiger partial charge in [0.15, 0.2) is 5.69 Å². The first-order valence-corrected chi connectivity index (χ1v) is 12.7. The number of likely N-dealkylation sites (tertiary alicyclic amines) is 1. The molecule has 0 spiro atoms. The molecule has 2 heterocycles. The van der Waals surface area contributed by atoms with Crippen LogP contribution in [0.5, 0.6) is 0 Å². The van der Waals surface area contributed by atoms with Crippen molar-refractivity contribution < 1.29 is 4.79 Å². The predicted molar refractivity (Wildman–Crippen MR) is 127 cm³/mol. The normalized spacial score (nSPS) is 24.4. The van der Waals surface area contributed by atoms with Crippen molar-refractivity contribution in [3.8, 4) is 0 Å². The minimum atomic E-state index is -0.550. The first kappa shape index (κ1) is 23.1. The van der Waals surface area contributed by atoms with Crippen LogP contribution in [-0.2, 0) is 11.3 Å². The number of piperidine rings is 1. The van der Waals surface area contributed by atoms with Gasteiger partial charge >= 0.3 is 5.69 Å². The monoisotopic (exact) mass is 445 g/mol. The Labute approximate surface area is 190 Å². The second-order valence-electron chi connectivity index (χ2n) is 10.0. The number of unbranched alkanes of at least 4 members (excludes halogenated alkanes) is 1. The van der Waals surface area contributed by atoms with E-state index in [0.29, 0.717) is 19.0 Å². The van der Waals surface area contributed by atoms with E-state index in [1.807, 2.05) is 6.92 Å². The number of aromatic amines is 1. The van der Waals surface area contributed by atoms with Gasteiger partial charge in [0.05, 0.1) is 6.54 Å². The van der Waals surface area contributed by atoms with Crippen molar-refractivity contribution in [1.82, 2.24) is 14.5 Å². The summed E-state index contributed by atoms with van der Waals surface area (Å²) < 4.78 is 1.42. The number of amides is 1. The molecule has 3 fully saturated rings. The molecule has 0 unspecified atom stereocenters. The van der Waals surface area contributed by atoms with Crippen LogP contribution >= 0.6 is 0 Å². The van der Waals surface area contributed by atoms with Gasteiger partial charge in [-0.15, -0.1) is 0 Å². The van der Waals surface area contributed by atoms with Crippen molar-refractivity contribution in [2.45, 2.75) is 90.1 Å². The third-order valence-electron chi connectivity index (χ3n) is 7.88. The van der Waals surface area contributed by atoms with Crippen LogP contribution in [0.3, 0.4) is 0 Å². The molecule has 3 aliphatic rings. The summed E-state index contributed by atoms with van der Waals surface area (Å²) in [7, 11) is 0. The number of nitrogens with two attached hydrogens (primary N) is 1. The molecule has 2 aliphatic carbocycles. The van der Waals surface area contributed by atoms with Crippen molar-refractivity contribution in [1.29, 1.82) is 0 Å². The second kappa shape index (κ2) is 10.2. The Balaban J connectivity index is 1.60. The average molecular weight is 446 g/mol. The van der Waals surface area contributed by atoms with Crippen molar-refractivity contribution in [2.24, 2.45) is 11.8 Å². The largest absolute Gasteiger partial charge is 0.383 e. The summed E-state index contributed by atoms with van der Waals surface area (Å²) in [5, 5.41) is 0. The number of rotatable bonds is 7. The highest BCUT2D eigenvalue weighted by atomic mass is 16.2. The highest BCUT2D eigenvalue weighted by Gasteiger charge is 2.36. The molecule has 8 heteroatoms. The Morgan fingerprint density at radius 2 is 1.75 bits per heavy atom. The molecule has 8 nitrogen and oxygen atoms in total. The predicted octanol–water partition coefficient (Wildman–Crippen LogP) is 2.71. The molecule has 32 heavy (non-hydrogen) atoms. The molecule has 0 radical (unpaired) electrons. The lowest BCUT2D eigenvalue weighted by Gasteiger charge is -2.41. The van der Waals surface area contributed by atoms with E-state index < -0.39 is 11.2 Å². The molecule has 178 valence electrons. The zero-order valence-corrected chi connectivity index (χ0v) is 19.5. The van der Waals surface area contributed by atoms with Gasteiger partial charge in [-0.2, -0.15) is 0 Å². The molecule has 2 atom stereocenters. The number of carbonyl (C=O) groups is 1. The summed E-state index contributed by atoms with van der Waals surface area (Å²) in [5.74, 6) is 1.55. The van der Waals surface area contributed by atoms with Crippen LogP contribution in [0.2, 0.25) is 0 Å². The maximum absolute atomic E-state index is 13.7. The van der Waals surface area contributed by atoms with E-state index in [2.05, 4.69) is 9.88 Å². The SMILES string of the molecule is CCCCn1c(N)c(N(C(=O)CN2CC[C@@H]3CCCC[C@@H]3C2)C2CCCC2)c(=O)[nH]c1=O. The number of nitrogens with one attached hydrogen (secondary N) is 1.